The Hall–Kier alpha value is -0.710. The van der Waals surface area contributed by atoms with Gasteiger partial charge in [0, 0.05) is 0 Å². The molecule has 0 fully saturated rings. The largest absolute Gasteiger partial charge is 0.444 e. The van der Waals surface area contributed by atoms with E-state index in [1.165, 1.54) is 0 Å². The molecule has 1 unspecified atom stereocenters. The second-order valence-electron chi connectivity index (χ2n) is 2.57. The third-order valence-corrected chi connectivity index (χ3v) is 1.47. The molecule has 1 atom stereocenters. The molecule has 6 heteroatoms. The van der Waals surface area contributed by atoms with Crippen molar-refractivity contribution in [1.82, 2.24) is 4.98 Å². The van der Waals surface area contributed by atoms with E-state index in [2.05, 4.69) is 4.98 Å². The molecule has 0 aromatic carbocycles. The fraction of sp³-hybridized carbons (Fsp3) is 0.571. The molecular weight excluding hydrogens is 207 g/mol. The average molecular weight is 214 g/mol. The van der Waals surface area contributed by atoms with Crippen molar-refractivity contribution in [2.75, 3.05) is 0 Å². The molecule has 0 radical (unpaired) electrons. The molecule has 0 saturated heterocycles. The molecule has 1 rings (SSSR count). The van der Waals surface area contributed by atoms with Crippen LogP contribution in [0.3, 0.4) is 0 Å². The molecule has 0 N–H and O–H groups in total. The van der Waals surface area contributed by atoms with Gasteiger partial charge in [-0.15, -0.1) is 11.6 Å². The lowest BCUT2D eigenvalue weighted by Crippen LogP contribution is -2.10. The normalized spacial score (nSPS) is 14.5. The zero-order valence-electron chi connectivity index (χ0n) is 6.73. The topological polar surface area (TPSA) is 26.0 Å². The Morgan fingerprint density at radius 3 is 2.62 bits per heavy atom. The first-order chi connectivity index (χ1) is 5.88. The number of rotatable bonds is 2. The average Bonchev–Trinajstić information content (AvgIpc) is 2.31. The van der Waals surface area contributed by atoms with Crippen molar-refractivity contribution < 1.29 is 17.6 Å². The molecule has 0 aliphatic rings. The SMILES string of the molecule is CC(Cl)c1ncc(CC(F)(F)F)o1. The van der Waals surface area contributed by atoms with Crippen LogP contribution in [0.4, 0.5) is 13.2 Å². The summed E-state index contributed by atoms with van der Waals surface area (Å²) in [6.07, 6.45) is -4.34. The van der Waals surface area contributed by atoms with Crippen molar-refractivity contribution in [2.24, 2.45) is 0 Å². The van der Waals surface area contributed by atoms with Crippen molar-refractivity contribution in [3.05, 3.63) is 17.8 Å². The van der Waals surface area contributed by atoms with Gasteiger partial charge in [-0.05, 0) is 6.92 Å². The molecule has 0 aliphatic carbocycles. The maximum Gasteiger partial charge on any atom is 0.396 e. The first-order valence-electron chi connectivity index (χ1n) is 3.54. The van der Waals surface area contributed by atoms with Crippen LogP contribution in [0.2, 0.25) is 0 Å². The monoisotopic (exact) mass is 213 g/mol. The number of hydrogen-bond acceptors (Lipinski definition) is 2. The van der Waals surface area contributed by atoms with Crippen LogP contribution in [0.1, 0.15) is 24.0 Å². The van der Waals surface area contributed by atoms with Gasteiger partial charge in [-0.3, -0.25) is 0 Å². The quantitative estimate of drug-likeness (QED) is 0.706. The Kier molecular flexibility index (Phi) is 2.85. The van der Waals surface area contributed by atoms with Gasteiger partial charge in [-0.2, -0.15) is 13.2 Å². The molecule has 0 aliphatic heterocycles. The lowest BCUT2D eigenvalue weighted by Gasteiger charge is -2.01. The van der Waals surface area contributed by atoms with Gasteiger partial charge < -0.3 is 4.42 Å². The van der Waals surface area contributed by atoms with E-state index in [1.807, 2.05) is 0 Å². The smallest absolute Gasteiger partial charge is 0.396 e. The van der Waals surface area contributed by atoms with E-state index in [-0.39, 0.29) is 11.7 Å². The van der Waals surface area contributed by atoms with E-state index in [0.717, 1.165) is 6.20 Å². The minimum Gasteiger partial charge on any atom is -0.444 e. The highest BCUT2D eigenvalue weighted by molar-refractivity contribution is 6.20. The minimum atomic E-state index is -4.27. The van der Waals surface area contributed by atoms with Crippen LogP contribution >= 0.6 is 11.6 Å². The molecule has 0 spiro atoms. The molecule has 1 aromatic rings. The molecule has 1 heterocycles. The highest BCUT2D eigenvalue weighted by atomic mass is 35.5. The van der Waals surface area contributed by atoms with Crippen LogP contribution in [0.25, 0.3) is 0 Å². The summed E-state index contributed by atoms with van der Waals surface area (Å²) >= 11 is 5.55. The van der Waals surface area contributed by atoms with Crippen LogP contribution in [0.15, 0.2) is 10.6 Å². The Morgan fingerprint density at radius 2 is 2.23 bits per heavy atom. The lowest BCUT2D eigenvalue weighted by atomic mass is 10.3. The van der Waals surface area contributed by atoms with Gasteiger partial charge >= 0.3 is 6.18 Å². The highest BCUT2D eigenvalue weighted by Crippen LogP contribution is 2.24. The molecule has 2 nitrogen and oxygen atoms in total. The van der Waals surface area contributed by atoms with Crippen molar-refractivity contribution in [2.45, 2.75) is 24.9 Å². The van der Waals surface area contributed by atoms with Crippen molar-refractivity contribution in [3.8, 4) is 0 Å². The number of halogens is 4. The second-order valence-corrected chi connectivity index (χ2v) is 3.23. The zero-order chi connectivity index (χ0) is 10.1. The molecule has 74 valence electrons. The molecule has 0 amide bonds. The van der Waals surface area contributed by atoms with Gasteiger partial charge in [-0.25, -0.2) is 4.98 Å². The van der Waals surface area contributed by atoms with Gasteiger partial charge in [0.25, 0.3) is 0 Å². The fourth-order valence-corrected chi connectivity index (χ4v) is 0.887. The molecule has 0 saturated carbocycles. The number of aromatic nitrogens is 1. The summed E-state index contributed by atoms with van der Waals surface area (Å²) in [6, 6.07) is 0. The first-order valence-corrected chi connectivity index (χ1v) is 3.97. The molecule has 1 aromatic heterocycles. The zero-order valence-corrected chi connectivity index (χ0v) is 7.49. The van der Waals surface area contributed by atoms with Gasteiger partial charge in [0.2, 0.25) is 5.89 Å². The van der Waals surface area contributed by atoms with E-state index in [1.54, 1.807) is 6.92 Å². The summed E-state index contributed by atoms with van der Waals surface area (Å²) in [5.41, 5.74) is 0. The summed E-state index contributed by atoms with van der Waals surface area (Å²) in [4.78, 5) is 3.60. The Morgan fingerprint density at radius 1 is 1.62 bits per heavy atom. The van der Waals surface area contributed by atoms with E-state index in [9.17, 15) is 13.2 Å². The van der Waals surface area contributed by atoms with Gasteiger partial charge in [-0.1, -0.05) is 0 Å². The Balaban J connectivity index is 2.70. The summed E-state index contributed by atoms with van der Waals surface area (Å²) in [7, 11) is 0. The van der Waals surface area contributed by atoms with Crippen LogP contribution < -0.4 is 0 Å². The van der Waals surface area contributed by atoms with E-state index in [0.29, 0.717) is 0 Å². The van der Waals surface area contributed by atoms with Crippen LogP contribution in [-0.4, -0.2) is 11.2 Å². The second kappa shape index (κ2) is 3.57. The van der Waals surface area contributed by atoms with Crippen molar-refractivity contribution in [3.63, 3.8) is 0 Å². The fourth-order valence-electron chi connectivity index (χ4n) is 0.786. The summed E-state index contributed by atoms with van der Waals surface area (Å²) in [5.74, 6) is -0.101. The van der Waals surface area contributed by atoms with Gasteiger partial charge in [0.15, 0.2) is 0 Å². The first kappa shape index (κ1) is 10.4. The molecule has 0 bridgehead atoms. The number of hydrogen-bond donors (Lipinski definition) is 0. The molecular formula is C7H7ClF3NO. The number of nitrogens with zero attached hydrogens (tertiary/aromatic N) is 1. The standard InChI is InChI=1S/C7H7ClF3NO/c1-4(8)6-12-3-5(13-6)2-7(9,10)11/h3-4H,2H2,1H3. The predicted octanol–water partition coefficient (Wildman–Crippen LogP) is 3.08. The number of oxazole rings is 1. The summed E-state index contributed by atoms with van der Waals surface area (Å²) < 4.78 is 40.3. The third-order valence-electron chi connectivity index (χ3n) is 1.29. The van der Waals surface area contributed by atoms with Crippen LogP contribution in [0, 0.1) is 0 Å². The van der Waals surface area contributed by atoms with Crippen molar-refractivity contribution >= 4 is 11.6 Å². The van der Waals surface area contributed by atoms with Crippen molar-refractivity contribution in [1.29, 1.82) is 0 Å². The van der Waals surface area contributed by atoms with E-state index < -0.39 is 18.0 Å². The highest BCUT2D eigenvalue weighted by Gasteiger charge is 2.30. The van der Waals surface area contributed by atoms with Crippen LogP contribution in [-0.2, 0) is 6.42 Å². The number of alkyl halides is 4. The van der Waals surface area contributed by atoms with E-state index >= 15 is 0 Å². The third kappa shape index (κ3) is 3.26. The lowest BCUT2D eigenvalue weighted by molar-refractivity contribution is -0.130. The van der Waals surface area contributed by atoms with Crippen LogP contribution in [0.5, 0.6) is 0 Å². The van der Waals surface area contributed by atoms with Gasteiger partial charge in [0.05, 0.1) is 6.20 Å². The van der Waals surface area contributed by atoms with Gasteiger partial charge in [0.1, 0.15) is 17.6 Å². The Bertz CT molecular complexity index is 282. The maximum atomic E-state index is 11.8. The summed E-state index contributed by atoms with van der Waals surface area (Å²) in [6.45, 7) is 1.57. The maximum absolute atomic E-state index is 11.8. The Labute approximate surface area is 77.7 Å². The summed E-state index contributed by atoms with van der Waals surface area (Å²) in [5, 5.41) is -0.512. The molecule has 13 heavy (non-hydrogen) atoms. The van der Waals surface area contributed by atoms with E-state index in [4.69, 9.17) is 16.0 Å². The minimum absolute atomic E-state index is 0.112. The predicted molar refractivity (Wildman–Crippen MR) is 40.5 cm³/mol.